The summed E-state index contributed by atoms with van der Waals surface area (Å²) in [5.41, 5.74) is 2.10. The van der Waals surface area contributed by atoms with E-state index in [-0.39, 0.29) is 17.6 Å². The molecule has 6 nitrogen and oxygen atoms in total. The predicted molar refractivity (Wildman–Crippen MR) is 119 cm³/mol. The molecule has 2 aromatic rings. The molecule has 0 atom stereocenters. The smallest absolute Gasteiger partial charge is 0.251 e. The molecule has 4 rings (SSSR count). The molecule has 1 fully saturated rings. The highest BCUT2D eigenvalue weighted by Gasteiger charge is 2.26. The summed E-state index contributed by atoms with van der Waals surface area (Å²) in [7, 11) is 0. The van der Waals surface area contributed by atoms with Crippen molar-refractivity contribution in [3.63, 3.8) is 0 Å². The summed E-state index contributed by atoms with van der Waals surface area (Å²) >= 11 is 1.47. The van der Waals surface area contributed by atoms with Crippen LogP contribution < -0.4 is 10.2 Å². The van der Waals surface area contributed by atoms with Gasteiger partial charge in [0.15, 0.2) is 0 Å². The van der Waals surface area contributed by atoms with Crippen LogP contribution in [0.1, 0.15) is 22.3 Å². The molecule has 0 aromatic heterocycles. The summed E-state index contributed by atoms with van der Waals surface area (Å²) in [5.74, 6) is -0.127. The second-order valence-corrected chi connectivity index (χ2v) is 8.66. The van der Waals surface area contributed by atoms with Crippen molar-refractivity contribution in [3.8, 4) is 0 Å². The van der Waals surface area contributed by atoms with Crippen molar-refractivity contribution in [3.05, 3.63) is 59.4 Å². The number of nitrogens with one attached hydrogen (secondary N) is 1. The minimum atomic E-state index is -0.308. The molecule has 8 heteroatoms. The Morgan fingerprint density at radius 1 is 1.13 bits per heavy atom. The van der Waals surface area contributed by atoms with Gasteiger partial charge in [-0.25, -0.2) is 4.39 Å². The molecule has 0 bridgehead atoms. The Bertz CT molecular complexity index is 932. The fourth-order valence-corrected chi connectivity index (χ4v) is 4.64. The van der Waals surface area contributed by atoms with Gasteiger partial charge in [-0.15, -0.1) is 11.8 Å². The number of hydrogen-bond donors (Lipinski definition) is 1. The van der Waals surface area contributed by atoms with Crippen molar-refractivity contribution in [1.82, 2.24) is 10.2 Å². The third-order valence-corrected chi connectivity index (χ3v) is 6.51. The lowest BCUT2D eigenvalue weighted by Gasteiger charge is -2.29. The van der Waals surface area contributed by atoms with Crippen LogP contribution in [-0.2, 0) is 16.1 Å². The number of anilines is 1. The molecule has 0 unspecified atom stereocenters. The molecule has 2 aromatic carbocycles. The zero-order valence-electron chi connectivity index (χ0n) is 17.3. The molecule has 0 aliphatic carbocycles. The molecule has 2 amide bonds. The van der Waals surface area contributed by atoms with Crippen molar-refractivity contribution in [2.75, 3.05) is 50.0 Å². The minimum absolute atomic E-state index is 0.0232. The number of hydrogen-bond acceptors (Lipinski definition) is 5. The molecule has 0 radical (unpaired) electrons. The fraction of sp³-hybridized carbons (Fsp3) is 0.391. The van der Waals surface area contributed by atoms with Crippen LogP contribution >= 0.6 is 11.8 Å². The van der Waals surface area contributed by atoms with E-state index in [0.29, 0.717) is 24.4 Å². The third kappa shape index (κ3) is 5.64. The highest BCUT2D eigenvalue weighted by molar-refractivity contribution is 8.00. The number of thioether (sulfide) groups is 1. The second kappa shape index (κ2) is 10.3. The molecule has 0 spiro atoms. The highest BCUT2D eigenvalue weighted by Crippen LogP contribution is 2.36. The van der Waals surface area contributed by atoms with Crippen molar-refractivity contribution >= 4 is 29.3 Å². The van der Waals surface area contributed by atoms with Crippen molar-refractivity contribution < 1.29 is 18.7 Å². The third-order valence-electron chi connectivity index (χ3n) is 5.46. The maximum atomic E-state index is 13.2. The topological polar surface area (TPSA) is 61.9 Å². The predicted octanol–water partition coefficient (Wildman–Crippen LogP) is 2.92. The Balaban J connectivity index is 1.39. The van der Waals surface area contributed by atoms with E-state index in [4.69, 9.17) is 4.74 Å². The lowest BCUT2D eigenvalue weighted by Crippen LogP contribution is -2.38. The summed E-state index contributed by atoms with van der Waals surface area (Å²) in [6.45, 7) is 5.30. The first kappa shape index (κ1) is 21.8. The van der Waals surface area contributed by atoms with Gasteiger partial charge in [0.1, 0.15) is 5.82 Å². The Morgan fingerprint density at radius 2 is 1.90 bits per heavy atom. The summed E-state index contributed by atoms with van der Waals surface area (Å²) in [6.07, 6.45) is 0.877. The standard InChI is InChI=1S/C23H26FN3O3S/c24-19-5-2-17(3-6-19)15-27-20-14-18(4-7-21(20)31-16-22(27)28)23(29)25-8-1-9-26-10-12-30-13-11-26/h2-7,14H,1,8-13,15-16H2,(H,25,29). The largest absolute Gasteiger partial charge is 0.379 e. The normalized spacial score (nSPS) is 16.8. The van der Waals surface area contributed by atoms with E-state index >= 15 is 0 Å². The molecule has 164 valence electrons. The van der Waals surface area contributed by atoms with Crippen LogP contribution in [0, 0.1) is 5.82 Å². The number of morpholine rings is 1. The molecule has 1 N–H and O–H groups in total. The van der Waals surface area contributed by atoms with Gasteiger partial charge in [0.25, 0.3) is 5.91 Å². The van der Waals surface area contributed by atoms with Gasteiger partial charge < -0.3 is 15.0 Å². The fourth-order valence-electron chi connectivity index (χ4n) is 3.72. The molecule has 2 aliphatic heterocycles. The molecule has 31 heavy (non-hydrogen) atoms. The van der Waals surface area contributed by atoms with Gasteiger partial charge in [-0.05, 0) is 48.9 Å². The Hall–Kier alpha value is -2.42. The van der Waals surface area contributed by atoms with Crippen LogP contribution in [0.25, 0.3) is 0 Å². The van der Waals surface area contributed by atoms with E-state index in [1.165, 1.54) is 23.9 Å². The summed E-state index contributed by atoms with van der Waals surface area (Å²) in [5, 5.41) is 2.98. The zero-order chi connectivity index (χ0) is 21.6. The summed E-state index contributed by atoms with van der Waals surface area (Å²) < 4.78 is 18.6. The first-order valence-corrected chi connectivity index (χ1v) is 11.5. The van der Waals surface area contributed by atoms with E-state index in [1.54, 1.807) is 29.2 Å². The Labute approximate surface area is 185 Å². The lowest BCUT2D eigenvalue weighted by atomic mass is 10.1. The van der Waals surface area contributed by atoms with E-state index < -0.39 is 0 Å². The van der Waals surface area contributed by atoms with Crippen LogP contribution in [0.4, 0.5) is 10.1 Å². The maximum Gasteiger partial charge on any atom is 0.251 e. The number of benzene rings is 2. The van der Waals surface area contributed by atoms with Crippen LogP contribution in [0.15, 0.2) is 47.4 Å². The molecule has 0 saturated carbocycles. The van der Waals surface area contributed by atoms with Crippen LogP contribution in [0.2, 0.25) is 0 Å². The summed E-state index contributed by atoms with van der Waals surface area (Å²) in [6, 6.07) is 11.6. The number of carbonyl (C=O) groups excluding carboxylic acids is 2. The first-order valence-electron chi connectivity index (χ1n) is 10.5. The van der Waals surface area contributed by atoms with E-state index in [9.17, 15) is 14.0 Å². The van der Waals surface area contributed by atoms with Gasteiger partial charge in [-0.3, -0.25) is 14.5 Å². The average molecular weight is 444 g/mol. The SMILES string of the molecule is O=C(NCCCN1CCOCC1)c1ccc2c(c1)N(Cc1ccc(F)cc1)C(=O)CS2. The monoisotopic (exact) mass is 443 g/mol. The number of rotatable bonds is 7. The number of ether oxygens (including phenoxy) is 1. The molecular formula is C23H26FN3O3S. The molecule has 2 heterocycles. The van der Waals surface area contributed by atoms with E-state index in [2.05, 4.69) is 10.2 Å². The number of amides is 2. The minimum Gasteiger partial charge on any atom is -0.379 e. The van der Waals surface area contributed by atoms with Crippen molar-refractivity contribution in [2.24, 2.45) is 0 Å². The summed E-state index contributed by atoms with van der Waals surface area (Å²) in [4.78, 5) is 30.2. The number of fused-ring (bicyclic) bond motifs is 1. The van der Waals surface area contributed by atoms with Crippen molar-refractivity contribution in [2.45, 2.75) is 17.9 Å². The van der Waals surface area contributed by atoms with E-state index in [1.807, 2.05) is 6.07 Å². The maximum absolute atomic E-state index is 13.2. The quantitative estimate of drug-likeness (QED) is 0.667. The second-order valence-electron chi connectivity index (χ2n) is 7.64. The van der Waals surface area contributed by atoms with Gasteiger partial charge in [-0.1, -0.05) is 12.1 Å². The van der Waals surface area contributed by atoms with Gasteiger partial charge in [0, 0.05) is 30.1 Å². The van der Waals surface area contributed by atoms with E-state index in [0.717, 1.165) is 55.4 Å². The molecular weight excluding hydrogens is 417 g/mol. The average Bonchev–Trinajstić information content (AvgIpc) is 2.80. The van der Waals surface area contributed by atoms with Crippen LogP contribution in [0.5, 0.6) is 0 Å². The highest BCUT2D eigenvalue weighted by atomic mass is 32.2. The van der Waals surface area contributed by atoms with Crippen LogP contribution in [-0.4, -0.2) is 61.9 Å². The number of carbonyl (C=O) groups is 2. The van der Waals surface area contributed by atoms with Gasteiger partial charge in [-0.2, -0.15) is 0 Å². The van der Waals surface area contributed by atoms with Crippen molar-refractivity contribution in [1.29, 1.82) is 0 Å². The molecule has 2 aliphatic rings. The Kier molecular flexibility index (Phi) is 7.21. The lowest BCUT2D eigenvalue weighted by molar-refractivity contribution is -0.116. The Morgan fingerprint density at radius 3 is 2.68 bits per heavy atom. The number of nitrogens with zero attached hydrogens (tertiary/aromatic N) is 2. The van der Waals surface area contributed by atoms with Gasteiger partial charge in [0.2, 0.25) is 5.91 Å². The van der Waals surface area contributed by atoms with Gasteiger partial charge >= 0.3 is 0 Å². The van der Waals surface area contributed by atoms with Crippen LogP contribution in [0.3, 0.4) is 0 Å². The first-order chi connectivity index (χ1) is 15.1. The zero-order valence-corrected chi connectivity index (χ0v) is 18.1. The number of halogens is 1. The van der Waals surface area contributed by atoms with Gasteiger partial charge in [0.05, 0.1) is 31.2 Å². The molecule has 1 saturated heterocycles.